The normalized spacial score (nSPS) is 21.8. The Morgan fingerprint density at radius 1 is 1.47 bits per heavy atom. The number of hydrogen-bond acceptors (Lipinski definition) is 3. The van der Waals surface area contributed by atoms with Crippen molar-refractivity contribution in [3.05, 3.63) is 21.3 Å². The molecule has 1 aromatic heterocycles. The summed E-state index contributed by atoms with van der Waals surface area (Å²) in [7, 11) is 0. The van der Waals surface area contributed by atoms with Crippen LogP contribution in [0.25, 0.3) is 0 Å². The van der Waals surface area contributed by atoms with Gasteiger partial charge in [0.25, 0.3) is 0 Å². The van der Waals surface area contributed by atoms with Crippen LogP contribution in [-0.2, 0) is 6.42 Å². The zero-order valence-corrected chi connectivity index (χ0v) is 11.1. The molecule has 1 N–H and O–H groups in total. The van der Waals surface area contributed by atoms with Crippen LogP contribution in [0.15, 0.2) is 12.1 Å². The van der Waals surface area contributed by atoms with E-state index >= 15 is 0 Å². The van der Waals surface area contributed by atoms with Crippen LogP contribution < -0.4 is 5.32 Å². The van der Waals surface area contributed by atoms with Crippen molar-refractivity contribution in [3.63, 3.8) is 0 Å². The summed E-state index contributed by atoms with van der Waals surface area (Å²) in [6.45, 7) is 1.09. The smallest absolute Gasteiger partial charge is 0.0931 e. The van der Waals surface area contributed by atoms with Crippen LogP contribution in [0.3, 0.4) is 0 Å². The highest BCUT2D eigenvalue weighted by Crippen LogP contribution is 2.21. The van der Waals surface area contributed by atoms with Gasteiger partial charge < -0.3 is 5.32 Å². The molecule has 1 atom stereocenters. The first kappa shape index (κ1) is 11.8. The van der Waals surface area contributed by atoms with Gasteiger partial charge >= 0.3 is 0 Å². The zero-order chi connectivity index (χ0) is 10.5. The Balaban J connectivity index is 1.65. The minimum atomic E-state index is 0.735. The summed E-state index contributed by atoms with van der Waals surface area (Å²) >= 11 is 9.65. The maximum absolute atomic E-state index is 5.88. The molecule has 1 nitrogen and oxygen atoms in total. The Labute approximate surface area is 105 Å². The van der Waals surface area contributed by atoms with Gasteiger partial charge in [0.05, 0.1) is 4.34 Å². The van der Waals surface area contributed by atoms with Crippen molar-refractivity contribution in [2.24, 2.45) is 0 Å². The van der Waals surface area contributed by atoms with Crippen LogP contribution in [0, 0.1) is 0 Å². The van der Waals surface area contributed by atoms with E-state index in [0.29, 0.717) is 0 Å². The van der Waals surface area contributed by atoms with Crippen molar-refractivity contribution in [1.82, 2.24) is 5.32 Å². The second-order valence-electron chi connectivity index (χ2n) is 3.82. The van der Waals surface area contributed by atoms with E-state index in [-0.39, 0.29) is 0 Å². The molecule has 0 saturated carbocycles. The predicted molar refractivity (Wildman–Crippen MR) is 71.4 cm³/mol. The first-order valence-electron chi connectivity index (χ1n) is 5.40. The number of thioether (sulfide) groups is 1. The fraction of sp³-hybridized carbons (Fsp3) is 0.636. The van der Waals surface area contributed by atoms with Crippen molar-refractivity contribution in [1.29, 1.82) is 0 Å². The van der Waals surface area contributed by atoms with Crippen molar-refractivity contribution in [2.75, 3.05) is 18.1 Å². The molecule has 2 heterocycles. The van der Waals surface area contributed by atoms with E-state index < -0.39 is 0 Å². The number of rotatable bonds is 4. The molecule has 0 spiro atoms. The van der Waals surface area contributed by atoms with Crippen LogP contribution in [0.2, 0.25) is 4.34 Å². The molecule has 0 aliphatic carbocycles. The number of hydrogen-bond donors (Lipinski definition) is 1. The Kier molecular flexibility index (Phi) is 4.82. The lowest BCUT2D eigenvalue weighted by Crippen LogP contribution is -2.34. The highest BCUT2D eigenvalue weighted by atomic mass is 35.5. The lowest BCUT2D eigenvalue weighted by atomic mass is 10.2. The van der Waals surface area contributed by atoms with E-state index in [2.05, 4.69) is 23.1 Å². The Morgan fingerprint density at radius 3 is 3.07 bits per heavy atom. The molecule has 0 amide bonds. The SMILES string of the molecule is Clc1ccc(CCNC2CCCSC2)s1. The summed E-state index contributed by atoms with van der Waals surface area (Å²) in [6, 6.07) is 4.85. The Morgan fingerprint density at radius 2 is 2.40 bits per heavy atom. The average molecular weight is 262 g/mol. The monoisotopic (exact) mass is 261 g/mol. The molecule has 4 heteroatoms. The fourth-order valence-corrected chi connectivity index (χ4v) is 3.98. The molecule has 15 heavy (non-hydrogen) atoms. The first-order chi connectivity index (χ1) is 7.34. The van der Waals surface area contributed by atoms with Gasteiger partial charge in [-0.25, -0.2) is 0 Å². The average Bonchev–Trinajstić information content (AvgIpc) is 2.66. The van der Waals surface area contributed by atoms with E-state index in [0.717, 1.165) is 23.3 Å². The molecule has 0 bridgehead atoms. The summed E-state index contributed by atoms with van der Waals surface area (Å²) in [5.41, 5.74) is 0. The largest absolute Gasteiger partial charge is 0.313 e. The molecule has 1 fully saturated rings. The van der Waals surface area contributed by atoms with Gasteiger partial charge in [0.1, 0.15) is 0 Å². The van der Waals surface area contributed by atoms with Crippen molar-refractivity contribution in [2.45, 2.75) is 25.3 Å². The molecule has 1 aliphatic rings. The standard InChI is InChI=1S/C11H16ClNS2/c12-11-4-3-10(15-11)5-6-13-9-2-1-7-14-8-9/h3-4,9,13H,1-2,5-8H2. The van der Waals surface area contributed by atoms with E-state index in [1.807, 2.05) is 6.07 Å². The molecular weight excluding hydrogens is 246 g/mol. The second-order valence-corrected chi connectivity index (χ2v) is 6.77. The van der Waals surface area contributed by atoms with Crippen LogP contribution in [0.5, 0.6) is 0 Å². The third-order valence-electron chi connectivity index (χ3n) is 2.59. The maximum atomic E-state index is 5.88. The molecule has 1 saturated heterocycles. The lowest BCUT2D eigenvalue weighted by molar-refractivity contribution is 0.512. The van der Waals surface area contributed by atoms with Crippen LogP contribution in [-0.4, -0.2) is 24.1 Å². The van der Waals surface area contributed by atoms with Crippen LogP contribution in [0.4, 0.5) is 0 Å². The van der Waals surface area contributed by atoms with Crippen molar-refractivity contribution < 1.29 is 0 Å². The summed E-state index contributed by atoms with van der Waals surface area (Å²) in [5, 5.41) is 3.62. The zero-order valence-electron chi connectivity index (χ0n) is 8.67. The topological polar surface area (TPSA) is 12.0 Å². The minimum absolute atomic E-state index is 0.735. The van der Waals surface area contributed by atoms with Gasteiger partial charge in [-0.1, -0.05) is 11.6 Å². The summed E-state index contributed by atoms with van der Waals surface area (Å²) < 4.78 is 0.901. The van der Waals surface area contributed by atoms with Crippen molar-refractivity contribution in [3.8, 4) is 0 Å². The minimum Gasteiger partial charge on any atom is -0.313 e. The summed E-state index contributed by atoms with van der Waals surface area (Å²) in [4.78, 5) is 1.39. The highest BCUT2D eigenvalue weighted by Gasteiger charge is 2.12. The molecule has 1 unspecified atom stereocenters. The Hall–Kier alpha value is 0.300. The molecule has 84 valence electrons. The maximum Gasteiger partial charge on any atom is 0.0931 e. The van der Waals surface area contributed by atoms with Gasteiger partial charge in [-0.3, -0.25) is 0 Å². The highest BCUT2D eigenvalue weighted by molar-refractivity contribution is 7.99. The number of halogens is 1. The van der Waals surface area contributed by atoms with Gasteiger partial charge in [-0.2, -0.15) is 11.8 Å². The van der Waals surface area contributed by atoms with Gasteiger partial charge in [0, 0.05) is 23.2 Å². The number of nitrogens with one attached hydrogen (secondary N) is 1. The third-order valence-corrected chi connectivity index (χ3v) is 5.10. The van der Waals surface area contributed by atoms with E-state index in [1.54, 1.807) is 11.3 Å². The number of thiophene rings is 1. The van der Waals surface area contributed by atoms with Crippen LogP contribution in [0.1, 0.15) is 17.7 Å². The molecule has 1 aromatic rings. The van der Waals surface area contributed by atoms with Crippen molar-refractivity contribution >= 4 is 34.7 Å². The van der Waals surface area contributed by atoms with Crippen LogP contribution >= 0.6 is 34.7 Å². The molecule has 0 aromatic carbocycles. The summed E-state index contributed by atoms with van der Waals surface area (Å²) in [5.74, 6) is 2.63. The van der Waals surface area contributed by atoms with Gasteiger partial charge in [0.2, 0.25) is 0 Å². The predicted octanol–water partition coefficient (Wildman–Crippen LogP) is 3.43. The second kappa shape index (κ2) is 6.14. The van der Waals surface area contributed by atoms with Gasteiger partial charge in [0.15, 0.2) is 0 Å². The van der Waals surface area contributed by atoms with Gasteiger partial charge in [-0.15, -0.1) is 11.3 Å². The van der Waals surface area contributed by atoms with Gasteiger partial charge in [-0.05, 0) is 37.1 Å². The quantitative estimate of drug-likeness (QED) is 0.891. The fourth-order valence-electron chi connectivity index (χ4n) is 1.79. The summed E-state index contributed by atoms with van der Waals surface area (Å²) in [6.07, 6.45) is 3.82. The molecule has 1 aliphatic heterocycles. The van der Waals surface area contributed by atoms with E-state index in [4.69, 9.17) is 11.6 Å². The third kappa shape index (κ3) is 3.99. The first-order valence-corrected chi connectivity index (χ1v) is 7.75. The Bertz CT molecular complexity index is 295. The molecular formula is C11H16ClNS2. The molecule has 0 radical (unpaired) electrons. The van der Waals surface area contributed by atoms with E-state index in [1.165, 1.54) is 29.2 Å². The molecule has 2 rings (SSSR count). The lowest BCUT2D eigenvalue weighted by Gasteiger charge is -2.22. The van der Waals surface area contributed by atoms with E-state index in [9.17, 15) is 0 Å².